The third kappa shape index (κ3) is 6.25. The van der Waals surface area contributed by atoms with Crippen molar-refractivity contribution in [2.75, 3.05) is 12.9 Å². The number of amides is 2. The van der Waals surface area contributed by atoms with Gasteiger partial charge in [0.05, 0.1) is 5.25 Å². The molecule has 2 amide bonds. The van der Waals surface area contributed by atoms with Crippen LogP contribution in [0.25, 0.3) is 0 Å². The van der Waals surface area contributed by atoms with Crippen LogP contribution in [0.5, 0.6) is 5.75 Å². The van der Waals surface area contributed by atoms with Crippen LogP contribution in [0, 0.1) is 0 Å². The lowest BCUT2D eigenvalue weighted by Crippen LogP contribution is -2.32. The number of imide groups is 1. The fourth-order valence-corrected chi connectivity index (χ4v) is 3.17. The molecule has 1 unspecified atom stereocenters. The number of thioether (sulfide) groups is 1. The van der Waals surface area contributed by atoms with Gasteiger partial charge in [0, 0.05) is 5.56 Å². The van der Waals surface area contributed by atoms with Crippen LogP contribution in [-0.2, 0) is 22.4 Å². The van der Waals surface area contributed by atoms with Gasteiger partial charge >= 0.3 is 0 Å². The van der Waals surface area contributed by atoms with Gasteiger partial charge in [-0.3, -0.25) is 19.7 Å². The topological polar surface area (TPSA) is 72.5 Å². The first-order valence-corrected chi connectivity index (χ1v) is 9.96. The maximum Gasteiger partial charge on any atom is 0.239 e. The second-order valence-corrected chi connectivity index (χ2v) is 7.00. The van der Waals surface area contributed by atoms with Gasteiger partial charge in [-0.2, -0.15) is 11.8 Å². The minimum atomic E-state index is -0.338. The first kappa shape index (κ1) is 20.7. The Kier molecular flexibility index (Phi) is 8.07. The Hall–Kier alpha value is -2.60. The summed E-state index contributed by atoms with van der Waals surface area (Å²) >= 11 is 1.38. The fourth-order valence-electron chi connectivity index (χ4n) is 2.53. The zero-order chi connectivity index (χ0) is 19.6. The molecule has 142 valence electrons. The molecule has 0 aliphatic carbocycles. The Morgan fingerprint density at radius 3 is 2.26 bits per heavy atom. The molecule has 27 heavy (non-hydrogen) atoms. The summed E-state index contributed by atoms with van der Waals surface area (Å²) in [5.41, 5.74) is 2.77. The van der Waals surface area contributed by atoms with Crippen molar-refractivity contribution in [2.45, 2.75) is 25.0 Å². The maximum absolute atomic E-state index is 12.2. The van der Waals surface area contributed by atoms with Crippen molar-refractivity contribution in [3.63, 3.8) is 0 Å². The first-order valence-electron chi connectivity index (χ1n) is 8.68. The number of aryl methyl sites for hydroxylation is 1. The SMILES string of the molecule is CCc1ccc(C(=O)COc2ccc(CC(SC)C(=O)NC=O)cc2)cc1. The Balaban J connectivity index is 1.90. The number of Topliss-reactive ketones (excluding diaryl/α,β-unsaturated/α-hetero) is 1. The second-order valence-electron chi connectivity index (χ2n) is 5.96. The molecule has 0 spiro atoms. The largest absolute Gasteiger partial charge is 0.485 e. The smallest absolute Gasteiger partial charge is 0.239 e. The third-order valence-electron chi connectivity index (χ3n) is 4.18. The van der Waals surface area contributed by atoms with Crippen molar-refractivity contribution in [2.24, 2.45) is 0 Å². The molecule has 2 aromatic rings. The molecule has 0 radical (unpaired) electrons. The molecule has 2 aromatic carbocycles. The highest BCUT2D eigenvalue weighted by molar-refractivity contribution is 7.99. The summed E-state index contributed by atoms with van der Waals surface area (Å²) in [4.78, 5) is 34.4. The Labute approximate surface area is 163 Å². The molecule has 0 aliphatic heterocycles. The van der Waals surface area contributed by atoms with Crippen LogP contribution >= 0.6 is 11.8 Å². The fraction of sp³-hybridized carbons (Fsp3) is 0.286. The molecular weight excluding hydrogens is 362 g/mol. The van der Waals surface area contributed by atoms with Gasteiger partial charge in [0.2, 0.25) is 12.3 Å². The van der Waals surface area contributed by atoms with Crippen molar-refractivity contribution in [1.29, 1.82) is 0 Å². The lowest BCUT2D eigenvalue weighted by Gasteiger charge is -2.13. The summed E-state index contributed by atoms with van der Waals surface area (Å²) in [7, 11) is 0. The van der Waals surface area contributed by atoms with Crippen LogP contribution in [0.3, 0.4) is 0 Å². The lowest BCUT2D eigenvalue weighted by molar-refractivity contribution is -0.124. The Morgan fingerprint density at radius 1 is 1.07 bits per heavy atom. The lowest BCUT2D eigenvalue weighted by atomic mass is 10.1. The minimum Gasteiger partial charge on any atom is -0.485 e. The van der Waals surface area contributed by atoms with E-state index >= 15 is 0 Å². The zero-order valence-electron chi connectivity index (χ0n) is 15.4. The van der Waals surface area contributed by atoms with Crippen molar-refractivity contribution in [3.8, 4) is 5.75 Å². The number of carbonyl (C=O) groups is 3. The average molecular weight is 385 g/mol. The normalized spacial score (nSPS) is 11.5. The number of rotatable bonds is 10. The number of ketones is 1. The Bertz CT molecular complexity index is 772. The van der Waals surface area contributed by atoms with E-state index in [-0.39, 0.29) is 23.5 Å². The average Bonchev–Trinajstić information content (AvgIpc) is 2.71. The van der Waals surface area contributed by atoms with Gasteiger partial charge < -0.3 is 4.74 Å². The van der Waals surface area contributed by atoms with Gasteiger partial charge in [-0.15, -0.1) is 0 Å². The molecule has 0 saturated carbocycles. The molecule has 6 heteroatoms. The van der Waals surface area contributed by atoms with E-state index < -0.39 is 0 Å². The second kappa shape index (κ2) is 10.5. The van der Waals surface area contributed by atoms with E-state index in [0.717, 1.165) is 12.0 Å². The maximum atomic E-state index is 12.2. The van der Waals surface area contributed by atoms with Gasteiger partial charge in [0.25, 0.3) is 0 Å². The first-order chi connectivity index (χ1) is 13.1. The van der Waals surface area contributed by atoms with Gasteiger partial charge in [-0.05, 0) is 42.4 Å². The molecule has 0 saturated heterocycles. The standard InChI is InChI=1S/C21H23NO4S/c1-3-15-4-8-17(9-5-15)19(24)13-26-18-10-6-16(7-11-18)12-20(27-2)21(25)22-14-23/h4-11,14,20H,3,12-13H2,1-2H3,(H,22,23,25). The van der Waals surface area contributed by atoms with Crippen LogP contribution < -0.4 is 10.1 Å². The van der Waals surface area contributed by atoms with E-state index in [4.69, 9.17) is 4.74 Å². The van der Waals surface area contributed by atoms with Gasteiger partial charge in [0.15, 0.2) is 12.4 Å². The predicted molar refractivity (Wildman–Crippen MR) is 107 cm³/mol. The van der Waals surface area contributed by atoms with Crippen LogP contribution in [0.1, 0.15) is 28.4 Å². The molecular formula is C21H23NO4S. The summed E-state index contributed by atoms with van der Waals surface area (Å²) in [6.45, 7) is 2.04. The van der Waals surface area contributed by atoms with E-state index in [1.807, 2.05) is 42.7 Å². The summed E-state index contributed by atoms with van der Waals surface area (Å²) in [5.74, 6) is 0.211. The summed E-state index contributed by atoms with van der Waals surface area (Å²) < 4.78 is 5.57. The summed E-state index contributed by atoms with van der Waals surface area (Å²) in [6.07, 6.45) is 3.66. The van der Waals surface area contributed by atoms with Crippen LogP contribution in [-0.4, -0.2) is 36.2 Å². The van der Waals surface area contributed by atoms with Gasteiger partial charge in [0.1, 0.15) is 5.75 Å². The molecule has 5 nitrogen and oxygen atoms in total. The molecule has 2 rings (SSSR count). The van der Waals surface area contributed by atoms with E-state index in [1.165, 1.54) is 17.3 Å². The number of hydrogen-bond acceptors (Lipinski definition) is 5. The van der Waals surface area contributed by atoms with Crippen molar-refractivity contribution in [3.05, 3.63) is 65.2 Å². The highest BCUT2D eigenvalue weighted by Gasteiger charge is 2.17. The van der Waals surface area contributed by atoms with Crippen LogP contribution in [0.4, 0.5) is 0 Å². The number of carbonyl (C=O) groups excluding carboxylic acids is 3. The van der Waals surface area contributed by atoms with Gasteiger partial charge in [-0.25, -0.2) is 0 Å². The molecule has 0 aromatic heterocycles. The molecule has 0 aliphatic rings. The van der Waals surface area contributed by atoms with Gasteiger partial charge in [-0.1, -0.05) is 43.3 Å². The number of ether oxygens (including phenoxy) is 1. The van der Waals surface area contributed by atoms with Crippen molar-refractivity contribution in [1.82, 2.24) is 5.32 Å². The van der Waals surface area contributed by atoms with E-state index in [1.54, 1.807) is 12.1 Å². The Morgan fingerprint density at radius 2 is 1.70 bits per heavy atom. The summed E-state index contributed by atoms with van der Waals surface area (Å²) in [6, 6.07) is 14.8. The molecule has 0 heterocycles. The van der Waals surface area contributed by atoms with Crippen LogP contribution in [0.2, 0.25) is 0 Å². The molecule has 0 fully saturated rings. The molecule has 1 atom stereocenters. The molecule has 0 bridgehead atoms. The third-order valence-corrected chi connectivity index (χ3v) is 5.13. The number of nitrogens with one attached hydrogen (secondary N) is 1. The molecule has 1 N–H and O–H groups in total. The quantitative estimate of drug-likeness (QED) is 0.503. The van der Waals surface area contributed by atoms with Crippen molar-refractivity contribution < 1.29 is 19.1 Å². The number of hydrogen-bond donors (Lipinski definition) is 1. The van der Waals surface area contributed by atoms with Crippen LogP contribution in [0.15, 0.2) is 48.5 Å². The minimum absolute atomic E-state index is 0.0278. The van der Waals surface area contributed by atoms with E-state index in [0.29, 0.717) is 24.1 Å². The van der Waals surface area contributed by atoms with Crippen molar-refractivity contribution >= 4 is 29.9 Å². The predicted octanol–water partition coefficient (Wildman–Crippen LogP) is 3.06. The van der Waals surface area contributed by atoms with E-state index in [9.17, 15) is 14.4 Å². The monoisotopic (exact) mass is 385 g/mol. The highest BCUT2D eigenvalue weighted by atomic mass is 32.2. The summed E-state index contributed by atoms with van der Waals surface area (Å²) in [5, 5.41) is 1.84. The number of benzene rings is 2. The highest BCUT2D eigenvalue weighted by Crippen LogP contribution is 2.18. The zero-order valence-corrected chi connectivity index (χ0v) is 16.3. The van der Waals surface area contributed by atoms with E-state index in [2.05, 4.69) is 12.2 Å².